The number of rotatable bonds is 7. The van der Waals surface area contributed by atoms with E-state index in [-0.39, 0.29) is 17.0 Å². The maximum atomic E-state index is 14.5. The van der Waals surface area contributed by atoms with Crippen LogP contribution in [-0.4, -0.2) is 69.5 Å². The molecule has 1 aliphatic rings. The van der Waals surface area contributed by atoms with Gasteiger partial charge in [0.15, 0.2) is 34.8 Å². The maximum absolute atomic E-state index is 14.5. The Hall–Kier alpha value is -2.78. The van der Waals surface area contributed by atoms with Crippen molar-refractivity contribution in [2.75, 3.05) is 11.9 Å². The standard InChI is InChI=1S/C17H18F2N5O8P/c18-8-1-2-9(32-33(28,29)30)11(19)7(8)3-20-15-12-16(22-5-21-15)24(6-23-12)17-14(27)13(26)10(4-25)31-17/h1-2,5-6,10,13-14,17,25-27H,3-4H2,(H,20,21,22)(H2,28,29,30)/t10-,13-,14-,17-/m1/s1. The Bertz CT molecular complexity index is 1220. The summed E-state index contributed by atoms with van der Waals surface area (Å²) in [6.45, 7) is -1.02. The van der Waals surface area contributed by atoms with Crippen molar-refractivity contribution in [1.29, 1.82) is 0 Å². The highest BCUT2D eigenvalue weighted by Crippen LogP contribution is 2.40. The smallest absolute Gasteiger partial charge is 0.401 e. The summed E-state index contributed by atoms with van der Waals surface area (Å²) < 4.78 is 50.7. The number of nitrogens with one attached hydrogen (secondary N) is 1. The van der Waals surface area contributed by atoms with Gasteiger partial charge in [0.2, 0.25) is 0 Å². The summed E-state index contributed by atoms with van der Waals surface area (Å²) in [6, 6.07) is 1.54. The number of phosphoric ester groups is 1. The Balaban J connectivity index is 1.60. The first kappa shape index (κ1) is 23.4. The van der Waals surface area contributed by atoms with E-state index in [2.05, 4.69) is 24.8 Å². The molecule has 3 heterocycles. The lowest BCUT2D eigenvalue weighted by Gasteiger charge is -2.16. The number of hydrogen-bond donors (Lipinski definition) is 6. The number of anilines is 1. The highest BCUT2D eigenvalue weighted by atomic mass is 31.2. The van der Waals surface area contributed by atoms with Crippen LogP contribution in [0.2, 0.25) is 0 Å². The van der Waals surface area contributed by atoms with Crippen molar-refractivity contribution in [2.24, 2.45) is 0 Å². The van der Waals surface area contributed by atoms with Crippen molar-refractivity contribution in [2.45, 2.75) is 31.1 Å². The van der Waals surface area contributed by atoms with Gasteiger partial charge >= 0.3 is 7.82 Å². The summed E-state index contributed by atoms with van der Waals surface area (Å²) >= 11 is 0. The third-order valence-electron chi connectivity index (χ3n) is 4.95. The average Bonchev–Trinajstić information content (AvgIpc) is 3.31. The Morgan fingerprint density at radius 3 is 2.61 bits per heavy atom. The molecule has 4 rings (SSSR count). The molecule has 178 valence electrons. The zero-order valence-electron chi connectivity index (χ0n) is 16.5. The lowest BCUT2D eigenvalue weighted by molar-refractivity contribution is -0.0511. The molecule has 0 saturated carbocycles. The number of aromatic nitrogens is 4. The maximum Gasteiger partial charge on any atom is 0.524 e. The van der Waals surface area contributed by atoms with Crippen molar-refractivity contribution < 1.29 is 47.7 Å². The second kappa shape index (κ2) is 8.87. The highest BCUT2D eigenvalue weighted by molar-refractivity contribution is 7.46. The topological polar surface area (TPSA) is 192 Å². The number of imidazole rings is 1. The minimum absolute atomic E-state index is 0.0469. The van der Waals surface area contributed by atoms with Gasteiger partial charge in [-0.25, -0.2) is 28.3 Å². The molecule has 0 unspecified atom stereocenters. The third kappa shape index (κ3) is 4.52. The molecule has 13 nitrogen and oxygen atoms in total. The van der Waals surface area contributed by atoms with Gasteiger partial charge in [-0.05, 0) is 12.1 Å². The van der Waals surface area contributed by atoms with Gasteiger partial charge in [0.05, 0.1) is 12.9 Å². The van der Waals surface area contributed by atoms with Crippen LogP contribution in [0.3, 0.4) is 0 Å². The highest BCUT2D eigenvalue weighted by Gasteiger charge is 2.44. The number of phosphoric acid groups is 1. The van der Waals surface area contributed by atoms with Gasteiger partial charge in [-0.1, -0.05) is 0 Å². The molecule has 0 bridgehead atoms. The minimum Gasteiger partial charge on any atom is -0.401 e. The molecule has 1 aliphatic heterocycles. The SMILES string of the molecule is O=P(O)(O)Oc1ccc(F)c(CNc2ncnc3c2ncn3[C@@H]2O[C@H](CO)[C@@H](O)[C@H]2O)c1F. The van der Waals surface area contributed by atoms with E-state index in [1.54, 1.807) is 0 Å². The van der Waals surface area contributed by atoms with E-state index < -0.39 is 68.5 Å². The molecule has 6 N–H and O–H groups in total. The second-order valence-electron chi connectivity index (χ2n) is 7.05. The van der Waals surface area contributed by atoms with Gasteiger partial charge in [0.25, 0.3) is 0 Å². The number of aliphatic hydroxyl groups is 3. The van der Waals surface area contributed by atoms with Crippen LogP contribution < -0.4 is 9.84 Å². The monoisotopic (exact) mass is 489 g/mol. The molecule has 1 saturated heterocycles. The lowest BCUT2D eigenvalue weighted by Crippen LogP contribution is -2.33. The van der Waals surface area contributed by atoms with Crippen LogP contribution in [0.15, 0.2) is 24.8 Å². The van der Waals surface area contributed by atoms with E-state index >= 15 is 0 Å². The lowest BCUT2D eigenvalue weighted by atomic mass is 10.1. The van der Waals surface area contributed by atoms with Crippen molar-refractivity contribution in [3.8, 4) is 5.75 Å². The number of ether oxygens (including phenoxy) is 1. The van der Waals surface area contributed by atoms with Gasteiger partial charge in [-0.15, -0.1) is 0 Å². The van der Waals surface area contributed by atoms with Gasteiger partial charge < -0.3 is 29.9 Å². The van der Waals surface area contributed by atoms with Crippen LogP contribution in [0, 0.1) is 11.6 Å². The van der Waals surface area contributed by atoms with Crippen LogP contribution in [0.5, 0.6) is 5.75 Å². The normalized spacial score (nSPS) is 23.2. The fraction of sp³-hybridized carbons (Fsp3) is 0.353. The van der Waals surface area contributed by atoms with Crippen molar-refractivity contribution in [3.63, 3.8) is 0 Å². The third-order valence-corrected chi connectivity index (χ3v) is 5.39. The molecule has 3 aromatic rings. The van der Waals surface area contributed by atoms with Gasteiger partial charge in [0.1, 0.15) is 30.5 Å². The summed E-state index contributed by atoms with van der Waals surface area (Å²) in [6.07, 6.45) is -2.49. The van der Waals surface area contributed by atoms with Crippen molar-refractivity contribution in [3.05, 3.63) is 42.0 Å². The number of halogens is 2. The predicted octanol–water partition coefficient (Wildman–Crippen LogP) is -0.200. The first-order valence-electron chi connectivity index (χ1n) is 9.36. The Labute approximate surface area is 183 Å². The van der Waals surface area contributed by atoms with Gasteiger partial charge in [0, 0.05) is 12.1 Å². The number of benzene rings is 1. The fourth-order valence-corrected chi connectivity index (χ4v) is 3.78. The number of hydrogen-bond acceptors (Lipinski definition) is 10. The number of fused-ring (bicyclic) bond motifs is 1. The summed E-state index contributed by atoms with van der Waals surface area (Å²) in [5.41, 5.74) is -0.281. The predicted molar refractivity (Wildman–Crippen MR) is 105 cm³/mol. The number of nitrogens with zero attached hydrogens (tertiary/aromatic N) is 4. The van der Waals surface area contributed by atoms with Crippen LogP contribution in [0.1, 0.15) is 11.8 Å². The van der Waals surface area contributed by atoms with Crippen LogP contribution in [0.4, 0.5) is 14.6 Å². The Morgan fingerprint density at radius 1 is 1.18 bits per heavy atom. The average molecular weight is 489 g/mol. The first-order chi connectivity index (χ1) is 15.6. The zero-order valence-corrected chi connectivity index (χ0v) is 17.4. The summed E-state index contributed by atoms with van der Waals surface area (Å²) in [7, 11) is -5.07. The molecule has 0 spiro atoms. The van der Waals surface area contributed by atoms with Crippen LogP contribution in [0.25, 0.3) is 11.2 Å². The Morgan fingerprint density at radius 2 is 1.94 bits per heavy atom. The van der Waals surface area contributed by atoms with E-state index in [1.165, 1.54) is 10.9 Å². The van der Waals surface area contributed by atoms with Gasteiger partial charge in [-0.3, -0.25) is 14.4 Å². The van der Waals surface area contributed by atoms with Crippen molar-refractivity contribution >= 4 is 24.8 Å². The van der Waals surface area contributed by atoms with E-state index in [0.29, 0.717) is 0 Å². The molecule has 1 aromatic carbocycles. The van der Waals surface area contributed by atoms with E-state index in [1.807, 2.05) is 0 Å². The molecule has 33 heavy (non-hydrogen) atoms. The Kier molecular flexibility index (Phi) is 6.28. The minimum atomic E-state index is -5.07. The van der Waals surface area contributed by atoms with E-state index in [0.717, 1.165) is 18.5 Å². The number of aliphatic hydroxyl groups excluding tert-OH is 3. The molecule has 4 atom stereocenters. The zero-order chi connectivity index (χ0) is 23.9. The largest absolute Gasteiger partial charge is 0.524 e. The van der Waals surface area contributed by atoms with Crippen LogP contribution >= 0.6 is 7.82 Å². The quantitative estimate of drug-likeness (QED) is 0.240. The molecule has 16 heteroatoms. The molecular formula is C17H18F2N5O8P. The summed E-state index contributed by atoms with van der Waals surface area (Å²) in [5.74, 6) is -3.10. The second-order valence-corrected chi connectivity index (χ2v) is 8.21. The molecule has 0 amide bonds. The van der Waals surface area contributed by atoms with E-state index in [4.69, 9.17) is 14.5 Å². The van der Waals surface area contributed by atoms with Crippen molar-refractivity contribution in [1.82, 2.24) is 19.5 Å². The molecule has 0 aliphatic carbocycles. The first-order valence-corrected chi connectivity index (χ1v) is 10.9. The van der Waals surface area contributed by atoms with Crippen LogP contribution in [-0.2, 0) is 15.8 Å². The molecule has 1 fully saturated rings. The summed E-state index contributed by atoms with van der Waals surface area (Å²) in [5, 5.41) is 32.1. The van der Waals surface area contributed by atoms with Gasteiger partial charge in [-0.2, -0.15) is 0 Å². The van der Waals surface area contributed by atoms with E-state index in [9.17, 15) is 28.7 Å². The molecule has 2 aromatic heterocycles. The molecular weight excluding hydrogens is 471 g/mol. The fourth-order valence-electron chi connectivity index (χ4n) is 3.39. The summed E-state index contributed by atoms with van der Waals surface area (Å²) in [4.78, 5) is 29.9. The molecule has 0 radical (unpaired) electrons.